The molecule has 0 aromatic heterocycles. The van der Waals surface area contributed by atoms with Gasteiger partial charge in [-0.15, -0.1) is 0 Å². The first kappa shape index (κ1) is 21.0. The molecular formula is C23H27N7. The van der Waals surface area contributed by atoms with Crippen LogP contribution in [0.5, 0.6) is 0 Å². The molecule has 7 N–H and O–H groups in total. The highest BCUT2D eigenvalue weighted by atomic mass is 15.4. The fourth-order valence-electron chi connectivity index (χ4n) is 3.78. The third-order valence-electron chi connectivity index (χ3n) is 5.17. The third-order valence-corrected chi connectivity index (χ3v) is 5.17. The Balaban J connectivity index is 2.17. The number of nitriles is 1. The SMILES string of the molecule is CN/C=C(\C=N)c1ccc2c(c1)C(Nc1ccccc1C#N)CCN(N)/C2=C(/C)N. The molecule has 2 aromatic rings. The lowest BCUT2D eigenvalue weighted by molar-refractivity contribution is 0.402. The van der Waals surface area contributed by atoms with E-state index in [1.807, 2.05) is 37.3 Å². The molecule has 0 saturated heterocycles. The van der Waals surface area contributed by atoms with Gasteiger partial charge in [-0.2, -0.15) is 5.26 Å². The van der Waals surface area contributed by atoms with Crippen molar-refractivity contribution < 1.29 is 0 Å². The standard InChI is InChI=1S/C23H27N7/c1-15(26)23-19-8-7-16(18(13-25)14-28-2)11-20(19)22(9-10-30(23)27)29-21-6-4-3-5-17(21)12-24/h3-8,11,13-14,22,25,28-29H,9-10,26-27H2,1-2H3/b18-14+,23-15-,25-13?. The first-order valence-corrected chi connectivity index (χ1v) is 9.77. The van der Waals surface area contributed by atoms with Gasteiger partial charge in [0.05, 0.1) is 23.0 Å². The third kappa shape index (κ3) is 4.14. The molecule has 154 valence electrons. The summed E-state index contributed by atoms with van der Waals surface area (Å²) in [5.41, 5.74) is 12.6. The van der Waals surface area contributed by atoms with Crippen molar-refractivity contribution >= 4 is 23.2 Å². The molecule has 3 rings (SSSR count). The molecule has 1 heterocycles. The number of allylic oxidation sites excluding steroid dienone is 2. The summed E-state index contributed by atoms with van der Waals surface area (Å²) in [5, 5.41) is 25.5. The molecule has 7 nitrogen and oxygen atoms in total. The van der Waals surface area contributed by atoms with Crippen LogP contribution in [-0.2, 0) is 0 Å². The van der Waals surface area contributed by atoms with Crippen LogP contribution in [0.15, 0.2) is 54.4 Å². The first-order chi connectivity index (χ1) is 14.5. The van der Waals surface area contributed by atoms with Gasteiger partial charge in [0.2, 0.25) is 0 Å². The summed E-state index contributed by atoms with van der Waals surface area (Å²) < 4.78 is 0. The van der Waals surface area contributed by atoms with Crippen LogP contribution in [-0.4, -0.2) is 24.8 Å². The van der Waals surface area contributed by atoms with Crippen LogP contribution in [0.25, 0.3) is 11.3 Å². The summed E-state index contributed by atoms with van der Waals surface area (Å²) in [7, 11) is 1.81. The Labute approximate surface area is 177 Å². The lowest BCUT2D eigenvalue weighted by Gasteiger charge is -2.22. The molecule has 1 aliphatic rings. The van der Waals surface area contributed by atoms with E-state index < -0.39 is 0 Å². The van der Waals surface area contributed by atoms with Crippen LogP contribution in [0, 0.1) is 16.7 Å². The van der Waals surface area contributed by atoms with Gasteiger partial charge in [0.15, 0.2) is 0 Å². The molecule has 0 amide bonds. The minimum absolute atomic E-state index is 0.0843. The lowest BCUT2D eigenvalue weighted by Crippen LogP contribution is -2.31. The number of benzene rings is 2. The molecular weight excluding hydrogens is 374 g/mol. The van der Waals surface area contributed by atoms with E-state index >= 15 is 0 Å². The first-order valence-electron chi connectivity index (χ1n) is 9.77. The number of fused-ring (bicyclic) bond motifs is 1. The molecule has 0 fully saturated rings. The zero-order valence-electron chi connectivity index (χ0n) is 17.2. The maximum Gasteiger partial charge on any atom is 0.101 e. The van der Waals surface area contributed by atoms with Crippen LogP contribution < -0.4 is 22.2 Å². The van der Waals surface area contributed by atoms with Gasteiger partial charge in [0.1, 0.15) is 6.07 Å². The Morgan fingerprint density at radius 1 is 1.30 bits per heavy atom. The second kappa shape index (κ2) is 9.16. The van der Waals surface area contributed by atoms with Gasteiger partial charge >= 0.3 is 0 Å². The molecule has 1 unspecified atom stereocenters. The monoisotopic (exact) mass is 401 g/mol. The van der Waals surface area contributed by atoms with Gasteiger partial charge in [-0.1, -0.05) is 24.3 Å². The zero-order valence-corrected chi connectivity index (χ0v) is 17.2. The fourth-order valence-corrected chi connectivity index (χ4v) is 3.78. The van der Waals surface area contributed by atoms with E-state index in [0.717, 1.165) is 40.1 Å². The number of hydrogen-bond donors (Lipinski definition) is 5. The molecule has 1 aliphatic heterocycles. The number of hydrogen-bond acceptors (Lipinski definition) is 7. The topological polar surface area (TPSA) is 127 Å². The number of hydrazine groups is 1. The second-order valence-electron chi connectivity index (χ2n) is 7.20. The predicted octanol–water partition coefficient (Wildman–Crippen LogP) is 3.15. The van der Waals surface area contributed by atoms with E-state index in [1.165, 1.54) is 6.21 Å². The number of nitrogens with zero attached hydrogens (tertiary/aromatic N) is 2. The Morgan fingerprint density at radius 2 is 2.07 bits per heavy atom. The van der Waals surface area contributed by atoms with E-state index in [2.05, 4.69) is 22.8 Å². The highest BCUT2D eigenvalue weighted by Gasteiger charge is 2.26. The summed E-state index contributed by atoms with van der Waals surface area (Å²) in [6.07, 6.45) is 3.83. The molecule has 0 saturated carbocycles. The zero-order chi connectivity index (χ0) is 21.7. The van der Waals surface area contributed by atoms with Gasteiger partial charge in [0, 0.05) is 42.8 Å². The molecule has 0 aliphatic carbocycles. The fraction of sp³-hybridized carbons (Fsp3) is 0.217. The Bertz CT molecular complexity index is 1040. The van der Waals surface area contributed by atoms with E-state index in [4.69, 9.17) is 17.0 Å². The molecule has 0 radical (unpaired) electrons. The molecule has 2 aromatic carbocycles. The minimum Gasteiger partial charge on any atom is -0.401 e. The number of nitrogens with one attached hydrogen (secondary N) is 3. The van der Waals surface area contributed by atoms with Crippen LogP contribution in [0.2, 0.25) is 0 Å². The number of nitrogens with two attached hydrogens (primary N) is 2. The smallest absolute Gasteiger partial charge is 0.101 e. The molecule has 0 spiro atoms. The minimum atomic E-state index is -0.0843. The highest BCUT2D eigenvalue weighted by Crippen LogP contribution is 2.36. The van der Waals surface area contributed by atoms with Crippen molar-refractivity contribution in [1.82, 2.24) is 10.3 Å². The lowest BCUT2D eigenvalue weighted by atomic mass is 9.92. The summed E-state index contributed by atoms with van der Waals surface area (Å²) in [5.74, 6) is 6.34. The van der Waals surface area contributed by atoms with Crippen molar-refractivity contribution in [2.24, 2.45) is 11.6 Å². The van der Waals surface area contributed by atoms with Crippen molar-refractivity contribution in [3.63, 3.8) is 0 Å². The van der Waals surface area contributed by atoms with Gasteiger partial charge in [-0.05, 0) is 42.7 Å². The van der Waals surface area contributed by atoms with E-state index in [-0.39, 0.29) is 6.04 Å². The van der Waals surface area contributed by atoms with Crippen molar-refractivity contribution in [2.75, 3.05) is 18.9 Å². The van der Waals surface area contributed by atoms with Crippen LogP contribution in [0.3, 0.4) is 0 Å². The Hall–Kier alpha value is -3.76. The van der Waals surface area contributed by atoms with Gasteiger partial charge in [-0.3, -0.25) is 0 Å². The van der Waals surface area contributed by atoms with Gasteiger partial charge < -0.3 is 26.8 Å². The summed E-state index contributed by atoms with van der Waals surface area (Å²) >= 11 is 0. The summed E-state index contributed by atoms with van der Waals surface area (Å²) in [6, 6.07) is 15.6. The maximum absolute atomic E-state index is 9.48. The number of anilines is 1. The van der Waals surface area contributed by atoms with Crippen molar-refractivity contribution in [2.45, 2.75) is 19.4 Å². The van der Waals surface area contributed by atoms with Crippen molar-refractivity contribution in [3.05, 3.63) is 76.6 Å². The highest BCUT2D eigenvalue weighted by molar-refractivity contribution is 6.08. The number of para-hydroxylation sites is 1. The van der Waals surface area contributed by atoms with E-state index in [9.17, 15) is 5.26 Å². The second-order valence-corrected chi connectivity index (χ2v) is 7.20. The molecule has 30 heavy (non-hydrogen) atoms. The number of rotatable bonds is 5. The van der Waals surface area contributed by atoms with Gasteiger partial charge in [-0.25, -0.2) is 5.84 Å². The van der Waals surface area contributed by atoms with Gasteiger partial charge in [0.25, 0.3) is 0 Å². The average Bonchev–Trinajstić information content (AvgIpc) is 2.88. The van der Waals surface area contributed by atoms with Crippen LogP contribution in [0.1, 0.15) is 41.6 Å². The van der Waals surface area contributed by atoms with Crippen LogP contribution >= 0.6 is 0 Å². The normalized spacial score (nSPS) is 18.0. The maximum atomic E-state index is 9.48. The van der Waals surface area contributed by atoms with Crippen molar-refractivity contribution in [1.29, 1.82) is 10.7 Å². The van der Waals surface area contributed by atoms with E-state index in [1.54, 1.807) is 24.3 Å². The quantitative estimate of drug-likeness (QED) is 0.387. The summed E-state index contributed by atoms with van der Waals surface area (Å²) in [4.78, 5) is 0. The van der Waals surface area contributed by atoms with E-state index in [0.29, 0.717) is 17.8 Å². The summed E-state index contributed by atoms with van der Waals surface area (Å²) in [6.45, 7) is 2.44. The molecule has 0 bridgehead atoms. The Kier molecular flexibility index (Phi) is 6.40. The Morgan fingerprint density at radius 3 is 2.73 bits per heavy atom. The predicted molar refractivity (Wildman–Crippen MR) is 122 cm³/mol. The molecule has 1 atom stereocenters. The largest absolute Gasteiger partial charge is 0.401 e. The molecule has 7 heteroatoms. The van der Waals surface area contributed by atoms with Crippen molar-refractivity contribution in [3.8, 4) is 6.07 Å². The average molecular weight is 402 g/mol. The van der Waals surface area contributed by atoms with Crippen LogP contribution in [0.4, 0.5) is 5.69 Å².